The van der Waals surface area contributed by atoms with Gasteiger partial charge in [-0.15, -0.1) is 5.10 Å². The fourth-order valence-electron chi connectivity index (χ4n) is 2.97. The summed E-state index contributed by atoms with van der Waals surface area (Å²) in [6.45, 7) is 0.478. The van der Waals surface area contributed by atoms with Crippen LogP contribution in [0.15, 0.2) is 60.8 Å². The van der Waals surface area contributed by atoms with Gasteiger partial charge in [-0.2, -0.15) is 0 Å². The molecule has 156 valence electrons. The summed E-state index contributed by atoms with van der Waals surface area (Å²) in [6.07, 6.45) is 2.17. The monoisotopic (exact) mass is 433 g/mol. The van der Waals surface area contributed by atoms with Gasteiger partial charge in [0, 0.05) is 31.4 Å². The van der Waals surface area contributed by atoms with Crippen molar-refractivity contribution in [3.05, 3.63) is 77.6 Å². The highest BCUT2D eigenvalue weighted by molar-refractivity contribution is 7.12. The molecule has 0 bridgehead atoms. The molecule has 0 radical (unpaired) electrons. The SMILES string of the molecule is CNC(=O)c1cc(Oc2cccc(CCNC(=O)c3ccc4snnc4c3)c2)ccn1. The van der Waals surface area contributed by atoms with Gasteiger partial charge in [0.05, 0.1) is 4.70 Å². The van der Waals surface area contributed by atoms with Crippen molar-refractivity contribution < 1.29 is 14.3 Å². The number of aromatic nitrogens is 3. The molecule has 2 amide bonds. The molecule has 2 heterocycles. The molecule has 9 heteroatoms. The number of hydrogen-bond donors (Lipinski definition) is 2. The Hall–Kier alpha value is -3.85. The molecular formula is C22H19N5O3S. The molecule has 0 spiro atoms. The Morgan fingerprint density at radius 2 is 1.90 bits per heavy atom. The molecule has 4 rings (SSSR count). The minimum absolute atomic E-state index is 0.152. The summed E-state index contributed by atoms with van der Waals surface area (Å²) in [5.74, 6) is 0.728. The highest BCUT2D eigenvalue weighted by Crippen LogP contribution is 2.23. The summed E-state index contributed by atoms with van der Waals surface area (Å²) in [4.78, 5) is 28.2. The van der Waals surface area contributed by atoms with Crippen molar-refractivity contribution in [2.75, 3.05) is 13.6 Å². The van der Waals surface area contributed by atoms with Crippen LogP contribution in [-0.2, 0) is 6.42 Å². The molecule has 0 saturated heterocycles. The van der Waals surface area contributed by atoms with E-state index in [1.807, 2.05) is 30.3 Å². The molecule has 0 unspecified atom stereocenters. The molecule has 2 N–H and O–H groups in total. The highest BCUT2D eigenvalue weighted by Gasteiger charge is 2.09. The van der Waals surface area contributed by atoms with Crippen molar-refractivity contribution in [2.45, 2.75) is 6.42 Å². The third-order valence-corrected chi connectivity index (χ3v) is 5.24. The quantitative estimate of drug-likeness (QED) is 0.464. The van der Waals surface area contributed by atoms with E-state index in [0.717, 1.165) is 15.8 Å². The Balaban J connectivity index is 1.35. The van der Waals surface area contributed by atoms with Crippen LogP contribution < -0.4 is 15.4 Å². The largest absolute Gasteiger partial charge is 0.457 e. The van der Waals surface area contributed by atoms with Gasteiger partial charge < -0.3 is 15.4 Å². The van der Waals surface area contributed by atoms with E-state index in [9.17, 15) is 9.59 Å². The number of nitrogens with zero attached hydrogens (tertiary/aromatic N) is 3. The molecular weight excluding hydrogens is 414 g/mol. The second kappa shape index (κ2) is 9.31. The minimum Gasteiger partial charge on any atom is -0.457 e. The third-order valence-electron chi connectivity index (χ3n) is 4.53. The number of hydrogen-bond acceptors (Lipinski definition) is 7. The maximum absolute atomic E-state index is 12.4. The standard InChI is InChI=1S/C22H19N5O3S/c1-23-22(29)19-13-17(8-10-24-19)30-16-4-2-3-14(11-16)7-9-25-21(28)15-5-6-20-18(12-15)26-27-31-20/h2-6,8,10-13H,7,9H2,1H3,(H,23,29)(H,25,28). The van der Waals surface area contributed by atoms with Crippen LogP contribution in [0.4, 0.5) is 0 Å². The average Bonchev–Trinajstić information content (AvgIpc) is 3.27. The second-order valence-corrected chi connectivity index (χ2v) is 7.45. The van der Waals surface area contributed by atoms with E-state index in [0.29, 0.717) is 30.0 Å². The van der Waals surface area contributed by atoms with Gasteiger partial charge in [-0.05, 0) is 59.9 Å². The molecule has 0 aliphatic rings. The highest BCUT2D eigenvalue weighted by atomic mass is 32.1. The normalized spacial score (nSPS) is 10.6. The molecule has 8 nitrogen and oxygen atoms in total. The van der Waals surface area contributed by atoms with E-state index in [1.54, 1.807) is 31.3 Å². The van der Waals surface area contributed by atoms with Crippen molar-refractivity contribution in [3.8, 4) is 11.5 Å². The molecule has 2 aromatic heterocycles. The smallest absolute Gasteiger partial charge is 0.269 e. The summed E-state index contributed by atoms with van der Waals surface area (Å²) in [7, 11) is 1.55. The predicted octanol–water partition coefficient (Wildman–Crippen LogP) is 3.21. The fourth-order valence-corrected chi connectivity index (χ4v) is 3.51. The molecule has 2 aromatic carbocycles. The maximum atomic E-state index is 12.4. The van der Waals surface area contributed by atoms with E-state index >= 15 is 0 Å². The Bertz CT molecular complexity index is 1240. The number of nitrogens with one attached hydrogen (secondary N) is 2. The van der Waals surface area contributed by atoms with Crippen LogP contribution in [0.25, 0.3) is 10.2 Å². The lowest BCUT2D eigenvalue weighted by molar-refractivity contribution is 0.0948. The number of benzene rings is 2. The van der Waals surface area contributed by atoms with Crippen LogP contribution in [0.5, 0.6) is 11.5 Å². The zero-order valence-corrected chi connectivity index (χ0v) is 17.5. The lowest BCUT2D eigenvalue weighted by Gasteiger charge is -2.09. The van der Waals surface area contributed by atoms with E-state index in [1.165, 1.54) is 17.7 Å². The molecule has 0 aliphatic carbocycles. The third kappa shape index (κ3) is 5.01. The van der Waals surface area contributed by atoms with Crippen LogP contribution >= 0.6 is 11.5 Å². The summed E-state index contributed by atoms with van der Waals surface area (Å²) in [5.41, 5.74) is 2.57. The van der Waals surface area contributed by atoms with Gasteiger partial charge in [-0.3, -0.25) is 14.6 Å². The lowest BCUT2D eigenvalue weighted by atomic mass is 10.1. The number of carbonyl (C=O) groups is 2. The van der Waals surface area contributed by atoms with Gasteiger partial charge in [0.25, 0.3) is 11.8 Å². The van der Waals surface area contributed by atoms with Gasteiger partial charge in [-0.25, -0.2) is 0 Å². The summed E-state index contributed by atoms with van der Waals surface area (Å²) in [6, 6.07) is 16.2. The predicted molar refractivity (Wildman–Crippen MR) is 118 cm³/mol. The van der Waals surface area contributed by atoms with Gasteiger partial charge in [0.1, 0.15) is 22.7 Å². The number of carbonyl (C=O) groups excluding carboxylic acids is 2. The van der Waals surface area contributed by atoms with Crippen molar-refractivity contribution in [1.82, 2.24) is 25.2 Å². The molecule has 0 fully saturated rings. The average molecular weight is 433 g/mol. The zero-order chi connectivity index (χ0) is 21.6. The second-order valence-electron chi connectivity index (χ2n) is 6.67. The first-order valence-corrected chi connectivity index (χ1v) is 10.3. The van der Waals surface area contributed by atoms with Gasteiger partial charge >= 0.3 is 0 Å². The summed E-state index contributed by atoms with van der Waals surface area (Å²) >= 11 is 1.30. The van der Waals surface area contributed by atoms with E-state index in [4.69, 9.17) is 4.74 Å². The van der Waals surface area contributed by atoms with E-state index in [-0.39, 0.29) is 17.5 Å². The molecule has 0 aliphatic heterocycles. The minimum atomic E-state index is -0.278. The summed E-state index contributed by atoms with van der Waals surface area (Å²) in [5, 5.41) is 9.46. The van der Waals surface area contributed by atoms with Crippen LogP contribution in [0, 0.1) is 0 Å². The van der Waals surface area contributed by atoms with Crippen molar-refractivity contribution >= 4 is 33.6 Å². The Morgan fingerprint density at radius 1 is 1.03 bits per heavy atom. The van der Waals surface area contributed by atoms with Gasteiger partial charge in [0.2, 0.25) is 0 Å². The maximum Gasteiger partial charge on any atom is 0.269 e. The number of rotatable bonds is 7. The number of pyridine rings is 1. The Morgan fingerprint density at radius 3 is 2.77 bits per heavy atom. The molecule has 0 saturated carbocycles. The summed E-state index contributed by atoms with van der Waals surface area (Å²) < 4.78 is 10.7. The zero-order valence-electron chi connectivity index (χ0n) is 16.7. The van der Waals surface area contributed by atoms with Crippen LogP contribution in [0.3, 0.4) is 0 Å². The van der Waals surface area contributed by atoms with Crippen LogP contribution in [0.1, 0.15) is 26.4 Å². The molecule has 4 aromatic rings. The van der Waals surface area contributed by atoms with Gasteiger partial charge in [-0.1, -0.05) is 16.6 Å². The molecule has 0 atom stereocenters. The molecule has 31 heavy (non-hydrogen) atoms. The Kier molecular flexibility index (Phi) is 6.13. The Labute approximate surface area is 182 Å². The van der Waals surface area contributed by atoms with Crippen molar-refractivity contribution in [1.29, 1.82) is 0 Å². The lowest BCUT2D eigenvalue weighted by Crippen LogP contribution is -2.25. The number of amides is 2. The van der Waals surface area contributed by atoms with E-state index in [2.05, 4.69) is 25.2 Å². The first-order chi connectivity index (χ1) is 15.1. The van der Waals surface area contributed by atoms with E-state index < -0.39 is 0 Å². The van der Waals surface area contributed by atoms with Crippen LogP contribution in [-0.4, -0.2) is 40.0 Å². The fraction of sp³-hybridized carbons (Fsp3) is 0.136. The first-order valence-electron chi connectivity index (χ1n) is 9.57. The number of fused-ring (bicyclic) bond motifs is 1. The van der Waals surface area contributed by atoms with Crippen molar-refractivity contribution in [3.63, 3.8) is 0 Å². The topological polar surface area (TPSA) is 106 Å². The number of ether oxygens (including phenoxy) is 1. The van der Waals surface area contributed by atoms with Crippen LogP contribution in [0.2, 0.25) is 0 Å². The first kappa shape index (κ1) is 20.4. The van der Waals surface area contributed by atoms with Crippen molar-refractivity contribution in [2.24, 2.45) is 0 Å². The van der Waals surface area contributed by atoms with Gasteiger partial charge in [0.15, 0.2) is 0 Å².